The van der Waals surface area contributed by atoms with E-state index in [0.29, 0.717) is 17.1 Å². The number of hydrogen-bond acceptors (Lipinski definition) is 3. The molecular weight excluding hydrogens is 244 g/mol. The summed E-state index contributed by atoms with van der Waals surface area (Å²) in [4.78, 5) is 12.3. The van der Waals surface area contributed by atoms with E-state index in [1.807, 2.05) is 12.1 Å². The van der Waals surface area contributed by atoms with Gasteiger partial charge in [-0.2, -0.15) is 0 Å². The number of allylic oxidation sites excluding steroid dienone is 1. The Hall–Kier alpha value is -0.960. The van der Waals surface area contributed by atoms with Crippen LogP contribution in [0.3, 0.4) is 0 Å². The molecule has 96 valence electrons. The molecule has 0 radical (unpaired) electrons. The standard InChI is InChI=1S/C15H18O2S/c1-15(2)10-5-6-12(13(15)8-10)14(16)18-9-11-4-3-7-17-11/h3-4,6-7,10,13H,5,8-9H2,1-2H3/t10-,13-/m1/s1. The summed E-state index contributed by atoms with van der Waals surface area (Å²) in [6.07, 6.45) is 6.10. The Morgan fingerprint density at radius 2 is 2.39 bits per heavy atom. The van der Waals surface area contributed by atoms with Crippen molar-refractivity contribution in [2.75, 3.05) is 0 Å². The quantitative estimate of drug-likeness (QED) is 0.823. The minimum atomic E-state index is 0.239. The Morgan fingerprint density at radius 3 is 3.00 bits per heavy atom. The lowest BCUT2D eigenvalue weighted by atomic mass is 9.49. The van der Waals surface area contributed by atoms with Crippen molar-refractivity contribution in [3.63, 3.8) is 0 Å². The summed E-state index contributed by atoms with van der Waals surface area (Å²) in [7, 11) is 0. The van der Waals surface area contributed by atoms with Crippen LogP contribution in [0.25, 0.3) is 0 Å². The number of thioether (sulfide) groups is 1. The molecule has 0 aliphatic heterocycles. The number of hydrogen-bond donors (Lipinski definition) is 0. The number of furan rings is 1. The molecule has 1 saturated carbocycles. The topological polar surface area (TPSA) is 30.2 Å². The van der Waals surface area contributed by atoms with Crippen LogP contribution in [-0.2, 0) is 10.5 Å². The van der Waals surface area contributed by atoms with Crippen molar-refractivity contribution in [3.8, 4) is 0 Å². The predicted octanol–water partition coefficient (Wildman–Crippen LogP) is 4.03. The van der Waals surface area contributed by atoms with E-state index in [4.69, 9.17) is 4.42 Å². The highest BCUT2D eigenvalue weighted by atomic mass is 32.2. The maximum atomic E-state index is 12.3. The van der Waals surface area contributed by atoms with Gasteiger partial charge in [-0.25, -0.2) is 0 Å². The van der Waals surface area contributed by atoms with E-state index in [-0.39, 0.29) is 5.12 Å². The van der Waals surface area contributed by atoms with Crippen molar-refractivity contribution in [1.82, 2.24) is 0 Å². The summed E-state index contributed by atoms with van der Waals surface area (Å²) in [6.45, 7) is 4.59. The summed E-state index contributed by atoms with van der Waals surface area (Å²) >= 11 is 1.37. The molecule has 1 aromatic rings. The van der Waals surface area contributed by atoms with E-state index in [9.17, 15) is 4.79 Å². The smallest absolute Gasteiger partial charge is 0.215 e. The van der Waals surface area contributed by atoms with E-state index in [1.165, 1.54) is 18.2 Å². The SMILES string of the molecule is CC1(C)[C@@H]2CC=C(C(=O)SCc3ccco3)[C@H]1C2. The Kier molecular flexibility index (Phi) is 2.89. The molecule has 1 aromatic heterocycles. The molecule has 3 aliphatic carbocycles. The second kappa shape index (κ2) is 4.30. The fraction of sp³-hybridized carbons (Fsp3) is 0.533. The molecule has 1 fully saturated rings. The summed E-state index contributed by atoms with van der Waals surface area (Å²) < 4.78 is 5.26. The summed E-state index contributed by atoms with van der Waals surface area (Å²) in [5.74, 6) is 2.78. The van der Waals surface area contributed by atoms with Gasteiger partial charge in [0, 0.05) is 5.57 Å². The van der Waals surface area contributed by atoms with Crippen LogP contribution >= 0.6 is 11.8 Å². The highest BCUT2D eigenvalue weighted by Gasteiger charge is 2.52. The van der Waals surface area contributed by atoms with Crippen molar-refractivity contribution in [2.45, 2.75) is 32.4 Å². The number of fused-ring (bicyclic) bond motifs is 1. The van der Waals surface area contributed by atoms with Gasteiger partial charge in [-0.15, -0.1) is 0 Å². The van der Waals surface area contributed by atoms with Gasteiger partial charge in [-0.1, -0.05) is 31.7 Å². The first-order chi connectivity index (χ1) is 8.59. The van der Waals surface area contributed by atoms with Crippen molar-refractivity contribution in [1.29, 1.82) is 0 Å². The number of rotatable bonds is 3. The summed E-state index contributed by atoms with van der Waals surface area (Å²) in [6, 6.07) is 3.78. The highest BCUT2D eigenvalue weighted by molar-refractivity contribution is 8.13. The zero-order valence-electron chi connectivity index (χ0n) is 10.8. The van der Waals surface area contributed by atoms with Crippen molar-refractivity contribution < 1.29 is 9.21 Å². The fourth-order valence-corrected chi connectivity index (χ4v) is 4.03. The molecule has 0 aromatic carbocycles. The molecule has 0 amide bonds. The molecule has 0 N–H and O–H groups in total. The molecular formula is C15H18O2S. The lowest BCUT2D eigenvalue weighted by Crippen LogP contribution is -2.49. The van der Waals surface area contributed by atoms with Gasteiger partial charge in [0.05, 0.1) is 12.0 Å². The molecule has 0 unspecified atom stereocenters. The van der Waals surface area contributed by atoms with Crippen LogP contribution < -0.4 is 0 Å². The minimum Gasteiger partial charge on any atom is -0.468 e. The van der Waals surface area contributed by atoms with Crippen LogP contribution in [0, 0.1) is 17.3 Å². The average molecular weight is 262 g/mol. The Morgan fingerprint density at radius 1 is 1.56 bits per heavy atom. The van der Waals surface area contributed by atoms with E-state index >= 15 is 0 Å². The maximum absolute atomic E-state index is 12.3. The molecule has 3 heteroatoms. The van der Waals surface area contributed by atoms with Crippen LogP contribution in [0.15, 0.2) is 34.5 Å². The van der Waals surface area contributed by atoms with E-state index < -0.39 is 0 Å². The van der Waals surface area contributed by atoms with E-state index in [1.54, 1.807) is 6.26 Å². The Labute approximate surface area is 112 Å². The fourth-order valence-electron chi connectivity index (χ4n) is 3.20. The normalized spacial score (nSPS) is 28.4. The van der Waals surface area contributed by atoms with Crippen LogP contribution in [0.2, 0.25) is 0 Å². The third-order valence-electron chi connectivity index (χ3n) is 4.63. The van der Waals surface area contributed by atoms with Gasteiger partial charge in [0.15, 0.2) is 0 Å². The maximum Gasteiger partial charge on any atom is 0.215 e. The zero-order chi connectivity index (χ0) is 12.8. The average Bonchev–Trinajstić information content (AvgIpc) is 2.88. The van der Waals surface area contributed by atoms with Gasteiger partial charge in [-0.3, -0.25) is 4.79 Å². The molecule has 1 heterocycles. The third kappa shape index (κ3) is 1.85. The first-order valence-electron chi connectivity index (χ1n) is 6.48. The van der Waals surface area contributed by atoms with Crippen LogP contribution in [0.5, 0.6) is 0 Å². The van der Waals surface area contributed by atoms with Gasteiger partial charge < -0.3 is 4.42 Å². The van der Waals surface area contributed by atoms with Crippen LogP contribution in [0.1, 0.15) is 32.4 Å². The van der Waals surface area contributed by atoms with Gasteiger partial charge in [0.2, 0.25) is 5.12 Å². The number of carbonyl (C=O) groups excluding carboxylic acids is 1. The van der Waals surface area contributed by atoms with Gasteiger partial charge in [0.1, 0.15) is 5.76 Å². The third-order valence-corrected chi connectivity index (χ3v) is 5.56. The predicted molar refractivity (Wildman–Crippen MR) is 73.1 cm³/mol. The second-order valence-electron chi connectivity index (χ2n) is 5.86. The first-order valence-corrected chi connectivity index (χ1v) is 7.47. The van der Waals surface area contributed by atoms with Crippen LogP contribution in [0.4, 0.5) is 0 Å². The number of carbonyl (C=O) groups is 1. The molecule has 2 bridgehead atoms. The Balaban J connectivity index is 1.65. The molecule has 0 saturated heterocycles. The lowest BCUT2D eigenvalue weighted by molar-refractivity contribution is -0.111. The monoisotopic (exact) mass is 262 g/mol. The molecule has 0 spiro atoms. The van der Waals surface area contributed by atoms with Gasteiger partial charge in [-0.05, 0) is 42.2 Å². The Bertz CT molecular complexity index is 485. The zero-order valence-corrected chi connectivity index (χ0v) is 11.6. The largest absolute Gasteiger partial charge is 0.468 e. The summed E-state index contributed by atoms with van der Waals surface area (Å²) in [5, 5.41) is 0.239. The lowest BCUT2D eigenvalue weighted by Gasteiger charge is -2.55. The molecule has 4 rings (SSSR count). The molecule has 18 heavy (non-hydrogen) atoms. The van der Waals surface area contributed by atoms with Crippen molar-refractivity contribution in [2.24, 2.45) is 17.3 Å². The van der Waals surface area contributed by atoms with Crippen molar-refractivity contribution >= 4 is 16.9 Å². The van der Waals surface area contributed by atoms with Gasteiger partial charge in [0.25, 0.3) is 0 Å². The van der Waals surface area contributed by atoms with Crippen LogP contribution in [-0.4, -0.2) is 5.12 Å². The minimum absolute atomic E-state index is 0.239. The molecule has 2 nitrogen and oxygen atoms in total. The molecule has 3 aliphatic rings. The summed E-state index contributed by atoms with van der Waals surface area (Å²) in [5.41, 5.74) is 1.38. The second-order valence-corrected chi connectivity index (χ2v) is 6.81. The highest BCUT2D eigenvalue weighted by Crippen LogP contribution is 2.59. The van der Waals surface area contributed by atoms with E-state index in [2.05, 4.69) is 19.9 Å². The molecule has 2 atom stereocenters. The first kappa shape index (κ1) is 12.1. The van der Waals surface area contributed by atoms with E-state index in [0.717, 1.165) is 23.7 Å². The van der Waals surface area contributed by atoms with Gasteiger partial charge >= 0.3 is 0 Å². The van der Waals surface area contributed by atoms with Crippen molar-refractivity contribution in [3.05, 3.63) is 35.8 Å².